The van der Waals surface area contributed by atoms with Gasteiger partial charge in [0, 0.05) is 42.4 Å². The molecular weight excluding hydrogens is 326 g/mol. The predicted octanol–water partition coefficient (Wildman–Crippen LogP) is 4.06. The van der Waals surface area contributed by atoms with Crippen molar-refractivity contribution in [1.29, 1.82) is 0 Å². The number of benzene rings is 1. The average Bonchev–Trinajstić information content (AvgIpc) is 3.12. The van der Waals surface area contributed by atoms with Gasteiger partial charge in [0.25, 0.3) is 5.91 Å². The van der Waals surface area contributed by atoms with E-state index in [1.54, 1.807) is 30.3 Å². The Labute approximate surface area is 145 Å². The summed E-state index contributed by atoms with van der Waals surface area (Å²) in [4.78, 5) is 18.0. The van der Waals surface area contributed by atoms with Gasteiger partial charge in [-0.25, -0.2) is 0 Å². The minimum atomic E-state index is -0.107. The molecule has 3 aromatic rings. The van der Waals surface area contributed by atoms with Crippen molar-refractivity contribution in [3.8, 4) is 0 Å². The number of nitrogens with zero attached hydrogens (tertiary/aromatic N) is 2. The molecule has 1 amide bonds. The fourth-order valence-corrected chi connectivity index (χ4v) is 2.67. The largest absolute Gasteiger partial charge is 0.459 e. The molecule has 0 fully saturated rings. The van der Waals surface area contributed by atoms with E-state index in [1.165, 1.54) is 6.26 Å². The minimum Gasteiger partial charge on any atom is -0.459 e. The van der Waals surface area contributed by atoms with Crippen molar-refractivity contribution >= 4 is 34.1 Å². The number of aromatic nitrogens is 1. The summed E-state index contributed by atoms with van der Waals surface area (Å²) in [6.45, 7) is 1.39. The van der Waals surface area contributed by atoms with Gasteiger partial charge in [-0.05, 0) is 42.8 Å². The van der Waals surface area contributed by atoms with Gasteiger partial charge in [-0.3, -0.25) is 9.78 Å². The van der Waals surface area contributed by atoms with Crippen LogP contribution in [0.25, 0.3) is 10.9 Å². The lowest BCUT2D eigenvalue weighted by Gasteiger charge is -2.16. The topological polar surface area (TPSA) is 58.4 Å². The lowest BCUT2D eigenvalue weighted by Crippen LogP contribution is -2.28. The molecular formula is C18H18ClN3O2. The molecule has 0 unspecified atom stereocenters. The molecule has 2 heterocycles. The molecule has 0 aliphatic heterocycles. The number of rotatable bonds is 6. The number of furan rings is 1. The Balaban J connectivity index is 1.54. The Morgan fingerprint density at radius 1 is 1.33 bits per heavy atom. The third kappa shape index (κ3) is 3.68. The molecule has 0 aliphatic rings. The third-order valence-electron chi connectivity index (χ3n) is 3.77. The van der Waals surface area contributed by atoms with Crippen molar-refractivity contribution in [2.45, 2.75) is 6.42 Å². The van der Waals surface area contributed by atoms with Gasteiger partial charge in [0.1, 0.15) is 0 Å². The van der Waals surface area contributed by atoms with Crippen LogP contribution in [0.15, 0.2) is 53.3 Å². The van der Waals surface area contributed by atoms with E-state index in [1.807, 2.05) is 24.3 Å². The van der Waals surface area contributed by atoms with Gasteiger partial charge >= 0.3 is 0 Å². The van der Waals surface area contributed by atoms with Crippen molar-refractivity contribution in [3.63, 3.8) is 0 Å². The molecule has 24 heavy (non-hydrogen) atoms. The van der Waals surface area contributed by atoms with E-state index in [0.29, 0.717) is 17.3 Å². The van der Waals surface area contributed by atoms with Crippen LogP contribution in [0.1, 0.15) is 17.0 Å². The van der Waals surface area contributed by atoms with E-state index in [-0.39, 0.29) is 5.91 Å². The van der Waals surface area contributed by atoms with Crippen LogP contribution in [0, 0.1) is 0 Å². The zero-order valence-corrected chi connectivity index (χ0v) is 14.1. The molecule has 124 valence electrons. The third-order valence-corrected chi connectivity index (χ3v) is 4.00. The summed E-state index contributed by atoms with van der Waals surface area (Å²) in [7, 11) is 1.77. The lowest BCUT2D eigenvalue weighted by molar-refractivity contribution is 0.0763. The lowest BCUT2D eigenvalue weighted by atomic mass is 10.2. The number of hydrogen-bond donors (Lipinski definition) is 1. The van der Waals surface area contributed by atoms with Crippen molar-refractivity contribution < 1.29 is 9.21 Å². The Kier molecular flexibility index (Phi) is 5.01. The maximum atomic E-state index is 12.1. The monoisotopic (exact) mass is 343 g/mol. The van der Waals surface area contributed by atoms with Crippen molar-refractivity contribution in [3.05, 3.63) is 59.6 Å². The van der Waals surface area contributed by atoms with E-state index in [4.69, 9.17) is 16.0 Å². The number of hydrogen-bond acceptors (Lipinski definition) is 4. The number of anilines is 1. The molecule has 6 heteroatoms. The summed E-state index contributed by atoms with van der Waals surface area (Å²) < 4.78 is 5.13. The van der Waals surface area contributed by atoms with E-state index >= 15 is 0 Å². The molecule has 1 aromatic carbocycles. The molecule has 2 aromatic heterocycles. The summed E-state index contributed by atoms with van der Waals surface area (Å²) in [5, 5.41) is 5.09. The number of fused-ring (bicyclic) bond motifs is 1. The molecule has 0 saturated heterocycles. The quantitative estimate of drug-likeness (QED) is 0.686. The first kappa shape index (κ1) is 16.3. The second kappa shape index (κ2) is 7.36. The minimum absolute atomic E-state index is 0.107. The fourth-order valence-electron chi connectivity index (χ4n) is 2.50. The molecule has 5 nitrogen and oxygen atoms in total. The maximum Gasteiger partial charge on any atom is 0.289 e. The van der Waals surface area contributed by atoms with Crippen molar-refractivity contribution in [1.82, 2.24) is 9.88 Å². The number of halogens is 1. The standard InChI is InChI=1S/C18H18ClN3O2/c1-22(18(23)17-4-2-11-24-17)10-3-8-20-15-7-9-21-16-12-13(19)5-6-14(15)16/h2,4-7,9,11-12H,3,8,10H2,1H3,(H,20,21). The van der Waals surface area contributed by atoms with Crippen LogP contribution in [0.5, 0.6) is 0 Å². The van der Waals surface area contributed by atoms with Crippen molar-refractivity contribution in [2.24, 2.45) is 0 Å². The Morgan fingerprint density at radius 3 is 3.00 bits per heavy atom. The summed E-state index contributed by atoms with van der Waals surface area (Å²) in [6, 6.07) is 11.0. The molecule has 1 N–H and O–H groups in total. The van der Waals surface area contributed by atoms with Crippen LogP contribution in [-0.2, 0) is 0 Å². The first-order valence-corrected chi connectivity index (χ1v) is 8.10. The first-order chi connectivity index (χ1) is 11.6. The Bertz CT molecular complexity index is 833. The van der Waals surface area contributed by atoms with Gasteiger partial charge in [-0.1, -0.05) is 11.6 Å². The molecule has 3 rings (SSSR count). The van der Waals surface area contributed by atoms with Crippen LogP contribution in [0.4, 0.5) is 5.69 Å². The highest BCUT2D eigenvalue weighted by Crippen LogP contribution is 2.24. The van der Waals surface area contributed by atoms with Gasteiger partial charge in [0.2, 0.25) is 0 Å². The van der Waals surface area contributed by atoms with E-state index < -0.39 is 0 Å². The van der Waals surface area contributed by atoms with Gasteiger partial charge in [0.15, 0.2) is 5.76 Å². The van der Waals surface area contributed by atoms with E-state index in [9.17, 15) is 4.79 Å². The predicted molar refractivity (Wildman–Crippen MR) is 95.5 cm³/mol. The highest BCUT2D eigenvalue weighted by Gasteiger charge is 2.13. The van der Waals surface area contributed by atoms with Gasteiger partial charge < -0.3 is 14.6 Å². The summed E-state index contributed by atoms with van der Waals surface area (Å²) in [5.74, 6) is 0.256. The van der Waals surface area contributed by atoms with Crippen LogP contribution >= 0.6 is 11.6 Å². The van der Waals surface area contributed by atoms with Gasteiger partial charge in [-0.2, -0.15) is 0 Å². The molecule has 0 bridgehead atoms. The Morgan fingerprint density at radius 2 is 2.21 bits per heavy atom. The normalized spacial score (nSPS) is 10.8. The zero-order chi connectivity index (χ0) is 16.9. The van der Waals surface area contributed by atoms with Crippen LogP contribution < -0.4 is 5.32 Å². The number of carbonyl (C=O) groups excluding carboxylic acids is 1. The fraction of sp³-hybridized carbons (Fsp3) is 0.222. The molecule has 0 spiro atoms. The molecule has 0 saturated carbocycles. The maximum absolute atomic E-state index is 12.1. The summed E-state index contributed by atoms with van der Waals surface area (Å²) in [5.41, 5.74) is 1.87. The van der Waals surface area contributed by atoms with Crippen LogP contribution in [-0.4, -0.2) is 35.9 Å². The molecule has 0 aliphatic carbocycles. The summed E-state index contributed by atoms with van der Waals surface area (Å²) >= 11 is 6.00. The van der Waals surface area contributed by atoms with Crippen molar-refractivity contribution in [2.75, 3.05) is 25.5 Å². The van der Waals surface area contributed by atoms with E-state index in [0.717, 1.165) is 29.6 Å². The SMILES string of the molecule is CN(CCCNc1ccnc2cc(Cl)ccc12)C(=O)c1ccco1. The second-order valence-corrected chi connectivity index (χ2v) is 5.94. The summed E-state index contributed by atoms with van der Waals surface area (Å²) in [6.07, 6.45) is 4.08. The molecule has 0 radical (unpaired) electrons. The van der Waals surface area contributed by atoms with Gasteiger partial charge in [0.05, 0.1) is 11.8 Å². The second-order valence-electron chi connectivity index (χ2n) is 5.50. The number of pyridine rings is 1. The smallest absolute Gasteiger partial charge is 0.289 e. The van der Waals surface area contributed by atoms with Crippen LogP contribution in [0.3, 0.4) is 0 Å². The highest BCUT2D eigenvalue weighted by atomic mass is 35.5. The Hall–Kier alpha value is -2.53. The first-order valence-electron chi connectivity index (χ1n) is 7.72. The number of amides is 1. The van der Waals surface area contributed by atoms with E-state index in [2.05, 4.69) is 10.3 Å². The average molecular weight is 344 g/mol. The van der Waals surface area contributed by atoms with Crippen LogP contribution in [0.2, 0.25) is 5.02 Å². The van der Waals surface area contributed by atoms with Gasteiger partial charge in [-0.15, -0.1) is 0 Å². The highest BCUT2D eigenvalue weighted by molar-refractivity contribution is 6.31. The number of carbonyl (C=O) groups is 1. The zero-order valence-electron chi connectivity index (χ0n) is 13.3. The number of nitrogens with one attached hydrogen (secondary N) is 1. The molecule has 0 atom stereocenters.